The van der Waals surface area contributed by atoms with Gasteiger partial charge < -0.3 is 15.4 Å². The summed E-state index contributed by atoms with van der Waals surface area (Å²) in [6.07, 6.45) is 6.49. The topological polar surface area (TPSA) is 78.0 Å². The van der Waals surface area contributed by atoms with Gasteiger partial charge in [-0.15, -0.1) is 0 Å². The number of rotatable bonds is 3. The number of pyridine rings is 1. The van der Waals surface area contributed by atoms with E-state index in [0.717, 1.165) is 23.7 Å². The van der Waals surface area contributed by atoms with E-state index < -0.39 is 0 Å². The third-order valence-corrected chi connectivity index (χ3v) is 5.03. The van der Waals surface area contributed by atoms with Gasteiger partial charge in [0.15, 0.2) is 0 Å². The van der Waals surface area contributed by atoms with Crippen LogP contribution in [-0.2, 0) is 19.4 Å². The Kier molecular flexibility index (Phi) is 4.01. The molecule has 3 N–H and O–H groups in total. The number of aromatic nitrogens is 2. The lowest BCUT2D eigenvalue weighted by Crippen LogP contribution is -2.13. The maximum Gasteiger partial charge on any atom is 0.255 e. The first-order valence-electron chi connectivity index (χ1n) is 8.64. The van der Waals surface area contributed by atoms with E-state index in [0.29, 0.717) is 22.7 Å². The molecule has 5 nitrogen and oxygen atoms in total. The third kappa shape index (κ3) is 2.91. The molecule has 0 spiro atoms. The molecule has 1 aliphatic rings. The number of fused-ring (bicyclic) bond motifs is 3. The predicted molar refractivity (Wildman–Crippen MR) is 97.6 cm³/mol. The minimum atomic E-state index is -0.191. The molecule has 25 heavy (non-hydrogen) atoms. The Labute approximate surface area is 146 Å². The van der Waals surface area contributed by atoms with Gasteiger partial charge >= 0.3 is 0 Å². The van der Waals surface area contributed by atoms with Crippen LogP contribution in [0.25, 0.3) is 10.9 Å². The highest BCUT2D eigenvalue weighted by atomic mass is 16.3. The maximum absolute atomic E-state index is 12.6. The molecule has 4 rings (SSSR count). The van der Waals surface area contributed by atoms with Gasteiger partial charge in [0.1, 0.15) is 0 Å². The highest BCUT2D eigenvalue weighted by Gasteiger charge is 2.20. The molecule has 5 heteroatoms. The Morgan fingerprint density at radius 2 is 2.28 bits per heavy atom. The Morgan fingerprint density at radius 3 is 3.12 bits per heavy atom. The molecule has 2 aromatic heterocycles. The van der Waals surface area contributed by atoms with E-state index in [1.807, 2.05) is 18.2 Å². The molecule has 0 fully saturated rings. The SMILES string of the molecule is CC1CCc2[nH]c3ccc(C(=O)Nc4cnccc4CO)cc3c2C1. The van der Waals surface area contributed by atoms with E-state index in [-0.39, 0.29) is 12.5 Å². The summed E-state index contributed by atoms with van der Waals surface area (Å²) in [7, 11) is 0. The van der Waals surface area contributed by atoms with Gasteiger partial charge in [-0.1, -0.05) is 6.92 Å². The molecular weight excluding hydrogens is 314 g/mol. The molecule has 1 amide bonds. The van der Waals surface area contributed by atoms with Crippen LogP contribution in [0.3, 0.4) is 0 Å². The van der Waals surface area contributed by atoms with Crippen molar-refractivity contribution in [1.29, 1.82) is 0 Å². The van der Waals surface area contributed by atoms with Crippen LogP contribution in [0.4, 0.5) is 5.69 Å². The second kappa shape index (κ2) is 6.33. The predicted octanol–water partition coefficient (Wildman–Crippen LogP) is 3.43. The third-order valence-electron chi connectivity index (χ3n) is 5.03. The quantitative estimate of drug-likeness (QED) is 0.686. The summed E-state index contributed by atoms with van der Waals surface area (Å²) in [4.78, 5) is 20.2. The first kappa shape index (κ1) is 15.8. The fraction of sp³-hybridized carbons (Fsp3) is 0.300. The van der Waals surface area contributed by atoms with Crippen LogP contribution in [-0.4, -0.2) is 21.0 Å². The molecule has 1 unspecified atom stereocenters. The molecule has 0 bridgehead atoms. The highest BCUT2D eigenvalue weighted by Crippen LogP contribution is 2.32. The summed E-state index contributed by atoms with van der Waals surface area (Å²) >= 11 is 0. The van der Waals surface area contributed by atoms with Gasteiger partial charge in [-0.3, -0.25) is 9.78 Å². The number of H-pyrrole nitrogens is 1. The number of hydrogen-bond acceptors (Lipinski definition) is 3. The molecule has 0 saturated carbocycles. The first-order chi connectivity index (χ1) is 12.2. The van der Waals surface area contributed by atoms with Crippen molar-refractivity contribution in [2.75, 3.05) is 5.32 Å². The second-order valence-electron chi connectivity index (χ2n) is 6.84. The Balaban J connectivity index is 1.67. The Morgan fingerprint density at radius 1 is 1.40 bits per heavy atom. The molecule has 2 heterocycles. The molecule has 128 valence electrons. The monoisotopic (exact) mass is 335 g/mol. The van der Waals surface area contributed by atoms with Crippen LogP contribution in [0.1, 0.15) is 40.5 Å². The van der Waals surface area contributed by atoms with Gasteiger partial charge in [0.2, 0.25) is 0 Å². The summed E-state index contributed by atoms with van der Waals surface area (Å²) in [5.74, 6) is 0.481. The number of benzene rings is 1. The number of carbonyl (C=O) groups is 1. The first-order valence-corrected chi connectivity index (χ1v) is 8.64. The average molecular weight is 335 g/mol. The van der Waals surface area contributed by atoms with Crippen LogP contribution < -0.4 is 5.32 Å². The number of amides is 1. The van der Waals surface area contributed by atoms with Crippen LogP contribution in [0.2, 0.25) is 0 Å². The van der Waals surface area contributed by atoms with E-state index in [2.05, 4.69) is 22.2 Å². The summed E-state index contributed by atoms with van der Waals surface area (Å²) < 4.78 is 0. The standard InChI is InChI=1S/C20H21N3O2/c1-12-2-4-17-15(8-12)16-9-13(3-5-18(16)22-17)20(25)23-19-10-21-7-6-14(19)11-24/h3,5-7,9-10,12,22,24H,2,4,8,11H2,1H3,(H,23,25). The van der Waals surface area contributed by atoms with E-state index >= 15 is 0 Å². The van der Waals surface area contributed by atoms with E-state index in [4.69, 9.17) is 0 Å². The number of nitrogens with one attached hydrogen (secondary N) is 2. The van der Waals surface area contributed by atoms with Crippen LogP contribution in [0.5, 0.6) is 0 Å². The van der Waals surface area contributed by atoms with Gasteiger partial charge in [0.05, 0.1) is 18.5 Å². The number of aliphatic hydroxyl groups excluding tert-OH is 1. The molecule has 0 saturated heterocycles. The van der Waals surface area contributed by atoms with Crippen molar-refractivity contribution >= 4 is 22.5 Å². The van der Waals surface area contributed by atoms with Crippen molar-refractivity contribution < 1.29 is 9.90 Å². The zero-order valence-electron chi connectivity index (χ0n) is 14.2. The van der Waals surface area contributed by atoms with Crippen molar-refractivity contribution in [2.45, 2.75) is 32.8 Å². The van der Waals surface area contributed by atoms with Crippen molar-refractivity contribution in [3.05, 3.63) is 59.0 Å². The lowest BCUT2D eigenvalue weighted by molar-refractivity contribution is 0.102. The molecule has 1 aromatic carbocycles. The minimum Gasteiger partial charge on any atom is -0.392 e. The second-order valence-corrected chi connectivity index (χ2v) is 6.84. The van der Waals surface area contributed by atoms with E-state index in [1.54, 1.807) is 18.5 Å². The number of aryl methyl sites for hydroxylation is 1. The fourth-order valence-electron chi connectivity index (χ4n) is 3.60. The number of anilines is 1. The number of aromatic amines is 1. The Bertz CT molecular complexity index is 945. The average Bonchev–Trinajstić information content (AvgIpc) is 2.99. The van der Waals surface area contributed by atoms with Crippen molar-refractivity contribution in [1.82, 2.24) is 9.97 Å². The minimum absolute atomic E-state index is 0.139. The summed E-state index contributed by atoms with van der Waals surface area (Å²) in [6, 6.07) is 7.47. The fourth-order valence-corrected chi connectivity index (χ4v) is 3.60. The molecular formula is C20H21N3O2. The van der Waals surface area contributed by atoms with Crippen LogP contribution >= 0.6 is 0 Å². The maximum atomic E-state index is 12.6. The Hall–Kier alpha value is -2.66. The van der Waals surface area contributed by atoms with Gasteiger partial charge in [-0.05, 0) is 55.0 Å². The lowest BCUT2D eigenvalue weighted by atomic mass is 9.87. The van der Waals surface area contributed by atoms with Gasteiger partial charge in [-0.25, -0.2) is 0 Å². The van der Waals surface area contributed by atoms with E-state index in [9.17, 15) is 9.90 Å². The van der Waals surface area contributed by atoms with Crippen LogP contribution in [0, 0.1) is 5.92 Å². The summed E-state index contributed by atoms with van der Waals surface area (Å²) in [6.45, 7) is 2.14. The summed E-state index contributed by atoms with van der Waals surface area (Å²) in [5.41, 5.74) is 5.55. The molecule has 1 aliphatic carbocycles. The summed E-state index contributed by atoms with van der Waals surface area (Å²) in [5, 5.41) is 13.4. The molecule has 0 aliphatic heterocycles. The van der Waals surface area contributed by atoms with Crippen LogP contribution in [0.15, 0.2) is 36.7 Å². The largest absolute Gasteiger partial charge is 0.392 e. The number of hydrogen-bond donors (Lipinski definition) is 3. The molecule has 3 aromatic rings. The lowest BCUT2D eigenvalue weighted by Gasteiger charge is -2.18. The smallest absolute Gasteiger partial charge is 0.255 e. The number of nitrogens with zero attached hydrogens (tertiary/aromatic N) is 1. The highest BCUT2D eigenvalue weighted by molar-refractivity contribution is 6.06. The molecule has 1 atom stereocenters. The van der Waals surface area contributed by atoms with Crippen molar-refractivity contribution in [3.8, 4) is 0 Å². The van der Waals surface area contributed by atoms with Gasteiger partial charge in [0.25, 0.3) is 5.91 Å². The van der Waals surface area contributed by atoms with Crippen molar-refractivity contribution in [3.63, 3.8) is 0 Å². The normalized spacial score (nSPS) is 16.6. The molecule has 0 radical (unpaired) electrons. The van der Waals surface area contributed by atoms with Crippen molar-refractivity contribution in [2.24, 2.45) is 5.92 Å². The number of aliphatic hydroxyl groups is 1. The van der Waals surface area contributed by atoms with E-state index in [1.165, 1.54) is 17.7 Å². The van der Waals surface area contributed by atoms with Gasteiger partial charge in [-0.2, -0.15) is 0 Å². The van der Waals surface area contributed by atoms with Gasteiger partial charge in [0, 0.05) is 33.9 Å². The zero-order chi connectivity index (χ0) is 17.4. The zero-order valence-corrected chi connectivity index (χ0v) is 14.2. The number of carbonyl (C=O) groups excluding carboxylic acids is 1.